The molecule has 0 spiro atoms. The third kappa shape index (κ3) is 4.49. The van der Waals surface area contributed by atoms with Crippen molar-refractivity contribution in [1.29, 1.82) is 0 Å². The number of nitrogens with zero attached hydrogens (tertiary/aromatic N) is 1. The highest BCUT2D eigenvalue weighted by atomic mass is 32.2. The number of hydrogen-bond acceptors (Lipinski definition) is 4. The second kappa shape index (κ2) is 8.26. The normalized spacial score (nSPS) is 16.6. The quantitative estimate of drug-likeness (QED) is 0.828. The van der Waals surface area contributed by atoms with E-state index in [9.17, 15) is 13.2 Å². The Morgan fingerprint density at radius 3 is 2.63 bits per heavy atom. The molecule has 0 aliphatic carbocycles. The summed E-state index contributed by atoms with van der Waals surface area (Å²) in [5.74, 6) is 0.0516. The number of carbonyl (C=O) groups is 1. The van der Waals surface area contributed by atoms with Crippen LogP contribution >= 0.6 is 0 Å². The highest BCUT2D eigenvalue weighted by molar-refractivity contribution is 7.95. The number of ether oxygens (including phenoxy) is 1. The van der Waals surface area contributed by atoms with Crippen LogP contribution in [-0.2, 0) is 14.8 Å². The summed E-state index contributed by atoms with van der Waals surface area (Å²) < 4.78 is 32.9. The Morgan fingerprint density at radius 2 is 1.89 bits per heavy atom. The molecule has 27 heavy (non-hydrogen) atoms. The van der Waals surface area contributed by atoms with E-state index in [0.717, 1.165) is 17.4 Å². The topological polar surface area (TPSA) is 75.7 Å². The van der Waals surface area contributed by atoms with Gasteiger partial charge in [0.2, 0.25) is 0 Å². The predicted molar refractivity (Wildman–Crippen MR) is 106 cm³/mol. The third-order valence-electron chi connectivity index (χ3n) is 4.12. The highest BCUT2D eigenvalue weighted by Crippen LogP contribution is 2.35. The SMILES string of the molecule is CCCNC(=O)C1CN(S(=O)(=O)/C=C/c2ccccc2)c2ccccc2O1. The molecular weight excluding hydrogens is 364 g/mol. The molecule has 0 saturated carbocycles. The standard InChI is InChI=1S/C20H22N2O4S/c1-2-13-21-20(23)19-15-22(17-10-6-7-11-18(17)26-19)27(24,25)14-12-16-8-4-3-5-9-16/h3-12,14,19H,2,13,15H2,1H3,(H,21,23)/b14-12+. The fraction of sp³-hybridized carbons (Fsp3) is 0.250. The monoisotopic (exact) mass is 386 g/mol. The molecule has 0 radical (unpaired) electrons. The molecule has 7 heteroatoms. The number of anilines is 1. The van der Waals surface area contributed by atoms with Crippen LogP contribution in [0.15, 0.2) is 60.0 Å². The lowest BCUT2D eigenvalue weighted by molar-refractivity contribution is -0.127. The number of carbonyl (C=O) groups excluding carboxylic acids is 1. The number of nitrogens with one attached hydrogen (secondary N) is 1. The van der Waals surface area contributed by atoms with Crippen molar-refractivity contribution < 1.29 is 17.9 Å². The van der Waals surface area contributed by atoms with Crippen molar-refractivity contribution >= 4 is 27.7 Å². The van der Waals surface area contributed by atoms with Crippen LogP contribution in [0.3, 0.4) is 0 Å². The maximum absolute atomic E-state index is 13.0. The fourth-order valence-electron chi connectivity index (χ4n) is 2.74. The molecule has 1 N–H and O–H groups in total. The van der Waals surface area contributed by atoms with Gasteiger partial charge in [0.25, 0.3) is 15.9 Å². The average molecular weight is 386 g/mol. The van der Waals surface area contributed by atoms with Gasteiger partial charge in [-0.3, -0.25) is 9.10 Å². The second-order valence-electron chi connectivity index (χ2n) is 6.15. The Labute approximate surface area is 159 Å². The molecule has 2 aromatic carbocycles. The smallest absolute Gasteiger partial charge is 0.263 e. The lowest BCUT2D eigenvalue weighted by Gasteiger charge is -2.34. The van der Waals surface area contributed by atoms with E-state index in [2.05, 4.69) is 5.32 Å². The van der Waals surface area contributed by atoms with E-state index in [0.29, 0.717) is 18.0 Å². The zero-order valence-corrected chi connectivity index (χ0v) is 15.9. The van der Waals surface area contributed by atoms with Crippen LogP contribution in [0.25, 0.3) is 6.08 Å². The molecule has 1 aliphatic rings. The van der Waals surface area contributed by atoms with E-state index < -0.39 is 16.1 Å². The minimum atomic E-state index is -3.79. The van der Waals surface area contributed by atoms with E-state index in [-0.39, 0.29) is 12.5 Å². The first-order valence-electron chi connectivity index (χ1n) is 8.80. The molecule has 6 nitrogen and oxygen atoms in total. The first-order chi connectivity index (χ1) is 13.0. The Bertz CT molecular complexity index is 926. The molecule has 0 aromatic heterocycles. The minimum absolute atomic E-state index is 0.0754. The average Bonchev–Trinajstić information content (AvgIpc) is 2.70. The number of sulfonamides is 1. The number of para-hydroxylation sites is 2. The second-order valence-corrected chi connectivity index (χ2v) is 7.90. The van der Waals surface area contributed by atoms with Crippen LogP contribution in [0.1, 0.15) is 18.9 Å². The van der Waals surface area contributed by atoms with Crippen molar-refractivity contribution in [2.45, 2.75) is 19.4 Å². The van der Waals surface area contributed by atoms with Crippen molar-refractivity contribution in [3.63, 3.8) is 0 Å². The maximum Gasteiger partial charge on any atom is 0.263 e. The number of fused-ring (bicyclic) bond motifs is 1. The predicted octanol–water partition coefficient (Wildman–Crippen LogP) is 2.78. The van der Waals surface area contributed by atoms with Crippen molar-refractivity contribution in [1.82, 2.24) is 5.32 Å². The summed E-state index contributed by atoms with van der Waals surface area (Å²) in [6.45, 7) is 2.39. The van der Waals surface area contributed by atoms with Gasteiger partial charge in [0.05, 0.1) is 17.6 Å². The maximum atomic E-state index is 13.0. The zero-order valence-electron chi connectivity index (χ0n) is 15.0. The molecule has 142 valence electrons. The van der Waals surface area contributed by atoms with E-state index >= 15 is 0 Å². The minimum Gasteiger partial charge on any atom is -0.476 e. The molecule has 0 bridgehead atoms. The van der Waals surface area contributed by atoms with E-state index in [1.165, 1.54) is 4.31 Å². The highest BCUT2D eigenvalue weighted by Gasteiger charge is 2.35. The fourth-order valence-corrected chi connectivity index (χ4v) is 3.99. The molecule has 0 fully saturated rings. The van der Waals surface area contributed by atoms with Crippen LogP contribution in [0.2, 0.25) is 0 Å². The molecule has 1 aliphatic heterocycles. The van der Waals surface area contributed by atoms with Crippen LogP contribution in [0.4, 0.5) is 5.69 Å². The van der Waals surface area contributed by atoms with E-state index in [1.807, 2.05) is 37.3 Å². The lowest BCUT2D eigenvalue weighted by atomic mass is 10.2. The van der Waals surface area contributed by atoms with Gasteiger partial charge in [0.1, 0.15) is 5.75 Å². The lowest BCUT2D eigenvalue weighted by Crippen LogP contribution is -2.50. The molecule has 2 aromatic rings. The summed E-state index contributed by atoms with van der Waals surface area (Å²) in [6.07, 6.45) is 1.43. The van der Waals surface area contributed by atoms with Gasteiger partial charge >= 0.3 is 0 Å². The molecule has 1 amide bonds. The van der Waals surface area contributed by atoms with Gasteiger partial charge < -0.3 is 10.1 Å². The number of hydrogen-bond donors (Lipinski definition) is 1. The summed E-state index contributed by atoms with van der Waals surface area (Å²) in [5.41, 5.74) is 1.20. The molecule has 3 rings (SSSR count). The molecular formula is C20H22N2O4S. The van der Waals surface area contributed by atoms with Crippen LogP contribution in [0.5, 0.6) is 5.75 Å². The van der Waals surface area contributed by atoms with Gasteiger partial charge in [-0.25, -0.2) is 8.42 Å². The largest absolute Gasteiger partial charge is 0.476 e. The number of amides is 1. The summed E-state index contributed by atoms with van der Waals surface area (Å²) in [6, 6.07) is 16.0. The Kier molecular flexibility index (Phi) is 5.81. The van der Waals surface area contributed by atoms with Gasteiger partial charge in [-0.2, -0.15) is 0 Å². The first-order valence-corrected chi connectivity index (χ1v) is 10.3. The van der Waals surface area contributed by atoms with Gasteiger partial charge in [0.15, 0.2) is 6.10 Å². The van der Waals surface area contributed by atoms with Crippen molar-refractivity contribution in [3.05, 3.63) is 65.6 Å². The van der Waals surface area contributed by atoms with Crippen molar-refractivity contribution in [3.8, 4) is 5.75 Å². The molecule has 0 saturated heterocycles. The Hall–Kier alpha value is -2.80. The summed E-state index contributed by atoms with van der Waals surface area (Å²) in [5, 5.41) is 3.92. The Morgan fingerprint density at radius 1 is 1.19 bits per heavy atom. The van der Waals surface area contributed by atoms with Crippen LogP contribution in [0, 0.1) is 0 Å². The third-order valence-corrected chi connectivity index (χ3v) is 5.56. The molecule has 1 atom stereocenters. The summed E-state index contributed by atoms with van der Waals surface area (Å²) >= 11 is 0. The van der Waals surface area contributed by atoms with Crippen LogP contribution in [-0.4, -0.2) is 33.5 Å². The number of rotatable bonds is 6. The summed E-state index contributed by atoms with van der Waals surface area (Å²) in [4.78, 5) is 12.3. The van der Waals surface area contributed by atoms with Crippen molar-refractivity contribution in [2.75, 3.05) is 17.4 Å². The van der Waals surface area contributed by atoms with Gasteiger partial charge in [-0.05, 0) is 30.2 Å². The van der Waals surface area contributed by atoms with Crippen molar-refractivity contribution in [2.24, 2.45) is 0 Å². The van der Waals surface area contributed by atoms with Gasteiger partial charge in [-0.15, -0.1) is 0 Å². The number of benzene rings is 2. The van der Waals surface area contributed by atoms with Crippen LogP contribution < -0.4 is 14.4 Å². The first kappa shape index (κ1) is 19.0. The molecule has 1 heterocycles. The van der Waals surface area contributed by atoms with Gasteiger partial charge in [-0.1, -0.05) is 49.4 Å². The van der Waals surface area contributed by atoms with Gasteiger partial charge in [0, 0.05) is 6.54 Å². The molecule has 1 unspecified atom stereocenters. The Balaban J connectivity index is 1.90. The zero-order chi connectivity index (χ0) is 19.3. The van der Waals surface area contributed by atoms with E-state index in [4.69, 9.17) is 4.74 Å². The van der Waals surface area contributed by atoms with E-state index in [1.54, 1.807) is 30.3 Å². The summed E-state index contributed by atoms with van der Waals surface area (Å²) in [7, 11) is -3.79.